The molecule has 0 saturated heterocycles. The van der Waals surface area contributed by atoms with E-state index in [0.29, 0.717) is 28.2 Å². The summed E-state index contributed by atoms with van der Waals surface area (Å²) in [4.78, 5) is 24.4. The van der Waals surface area contributed by atoms with Crippen molar-refractivity contribution in [3.05, 3.63) is 74.5 Å². The second-order valence-corrected chi connectivity index (χ2v) is 6.82. The topological polar surface area (TPSA) is 103 Å². The number of halogens is 1. The number of allylic oxidation sites excluding steroid dienone is 1. The minimum Gasteiger partial charge on any atom is -0.336 e. The van der Waals surface area contributed by atoms with Gasteiger partial charge in [0.25, 0.3) is 5.56 Å². The molecule has 0 aliphatic rings. The van der Waals surface area contributed by atoms with E-state index in [4.69, 9.17) is 0 Å². The van der Waals surface area contributed by atoms with Crippen LogP contribution < -0.4 is 5.56 Å². The third-order valence-corrected chi connectivity index (χ3v) is 4.53. The van der Waals surface area contributed by atoms with Crippen LogP contribution in [0.15, 0.2) is 51.9 Å². The van der Waals surface area contributed by atoms with Crippen molar-refractivity contribution in [3.63, 3.8) is 0 Å². The zero-order valence-electron chi connectivity index (χ0n) is 14.2. The maximum Gasteiger partial charge on any atom is 0.278 e. The molecule has 27 heavy (non-hydrogen) atoms. The summed E-state index contributed by atoms with van der Waals surface area (Å²) >= 11 is 3.36. The van der Waals surface area contributed by atoms with Crippen LogP contribution in [0.25, 0.3) is 28.5 Å². The number of imidazole rings is 1. The summed E-state index contributed by atoms with van der Waals surface area (Å²) < 4.78 is 2.26. The Balaban J connectivity index is 1.82. The van der Waals surface area contributed by atoms with E-state index in [9.17, 15) is 10.1 Å². The molecule has 0 aliphatic carbocycles. The first kappa shape index (κ1) is 17.0. The lowest BCUT2D eigenvalue weighted by atomic mass is 10.1. The summed E-state index contributed by atoms with van der Waals surface area (Å²) in [5.41, 5.74) is 3.02. The lowest BCUT2D eigenvalue weighted by Gasteiger charge is -1.99. The minimum absolute atomic E-state index is 0.233. The molecule has 0 atom stereocenters. The van der Waals surface area contributed by atoms with Gasteiger partial charge in [-0.1, -0.05) is 18.2 Å². The second-order valence-electron chi connectivity index (χ2n) is 5.91. The fourth-order valence-electron chi connectivity index (χ4n) is 2.79. The van der Waals surface area contributed by atoms with Gasteiger partial charge in [0.2, 0.25) is 0 Å². The largest absolute Gasteiger partial charge is 0.336 e. The number of nitrogens with one attached hydrogen (secondary N) is 2. The van der Waals surface area contributed by atoms with Crippen molar-refractivity contribution in [2.45, 2.75) is 6.92 Å². The number of aromatic amines is 2. The zero-order chi connectivity index (χ0) is 19.0. The number of pyridine rings is 1. The average Bonchev–Trinajstić information content (AvgIpc) is 3.21. The van der Waals surface area contributed by atoms with Gasteiger partial charge in [-0.2, -0.15) is 5.26 Å². The van der Waals surface area contributed by atoms with Gasteiger partial charge in [-0.25, -0.2) is 14.6 Å². The van der Waals surface area contributed by atoms with Gasteiger partial charge in [0.15, 0.2) is 11.5 Å². The summed E-state index contributed by atoms with van der Waals surface area (Å²) in [7, 11) is 0. The molecule has 0 unspecified atom stereocenters. The number of aryl methyl sites for hydroxylation is 1. The quantitative estimate of drug-likeness (QED) is 0.494. The molecular weight excluding hydrogens is 408 g/mol. The molecule has 4 rings (SSSR count). The molecule has 0 bridgehead atoms. The molecule has 7 nitrogen and oxygen atoms in total. The third kappa shape index (κ3) is 3.09. The minimum atomic E-state index is -0.233. The van der Waals surface area contributed by atoms with Crippen LogP contribution in [0.1, 0.15) is 17.1 Å². The molecule has 2 N–H and O–H groups in total. The van der Waals surface area contributed by atoms with Crippen LogP contribution in [0.2, 0.25) is 0 Å². The van der Waals surface area contributed by atoms with E-state index >= 15 is 0 Å². The highest BCUT2D eigenvalue weighted by Crippen LogP contribution is 2.20. The molecule has 3 aromatic heterocycles. The average molecular weight is 421 g/mol. The number of hydrogen-bond donors (Lipinski definition) is 2. The van der Waals surface area contributed by atoms with Gasteiger partial charge in [0.1, 0.15) is 6.07 Å². The summed E-state index contributed by atoms with van der Waals surface area (Å²) in [6.07, 6.45) is 3.18. The Morgan fingerprint density at radius 3 is 2.85 bits per heavy atom. The maximum atomic E-state index is 12.8. The highest BCUT2D eigenvalue weighted by molar-refractivity contribution is 9.10. The number of fused-ring (bicyclic) bond motifs is 1. The van der Waals surface area contributed by atoms with Crippen LogP contribution in [0.5, 0.6) is 0 Å². The van der Waals surface area contributed by atoms with Crippen LogP contribution in [0.3, 0.4) is 0 Å². The molecule has 3 heterocycles. The predicted molar refractivity (Wildman–Crippen MR) is 106 cm³/mol. The summed E-state index contributed by atoms with van der Waals surface area (Å²) in [5, 5.41) is 12.6. The lowest BCUT2D eigenvalue weighted by Crippen LogP contribution is -2.15. The summed E-state index contributed by atoms with van der Waals surface area (Å²) in [5.74, 6) is 0.365. The Morgan fingerprint density at radius 2 is 2.11 bits per heavy atom. The SMILES string of the molecule is Cc1[nH]n(-c2ccccc2)c(=O)c1/C=C(/C#N)c1nc2ncc(Br)cc2[nH]1. The Morgan fingerprint density at radius 1 is 1.33 bits per heavy atom. The molecule has 0 spiro atoms. The van der Waals surface area contributed by atoms with Crippen molar-refractivity contribution in [2.24, 2.45) is 0 Å². The standard InChI is InChI=1S/C19H13BrN6O/c1-11-15(19(27)26(25-11)14-5-3-2-4-6-14)7-12(9-21)17-23-16-8-13(20)10-22-18(16)24-17/h2-8,10,25H,1H3,(H,22,23,24)/b12-7-. The summed E-state index contributed by atoms with van der Waals surface area (Å²) in [6.45, 7) is 1.79. The molecule has 0 fully saturated rings. The first-order valence-electron chi connectivity index (χ1n) is 8.07. The first-order valence-corrected chi connectivity index (χ1v) is 8.86. The van der Waals surface area contributed by atoms with Gasteiger partial charge in [-0.05, 0) is 47.1 Å². The molecule has 1 aromatic carbocycles. The Labute approximate surface area is 162 Å². The highest BCUT2D eigenvalue weighted by Gasteiger charge is 2.14. The summed E-state index contributed by atoms with van der Waals surface area (Å²) in [6, 6.07) is 13.2. The van der Waals surface area contributed by atoms with Gasteiger partial charge < -0.3 is 4.98 Å². The number of nitriles is 1. The third-order valence-electron chi connectivity index (χ3n) is 4.10. The number of para-hydroxylation sites is 1. The fourth-order valence-corrected chi connectivity index (χ4v) is 3.12. The smallest absolute Gasteiger partial charge is 0.278 e. The van der Waals surface area contributed by atoms with E-state index in [0.717, 1.165) is 10.2 Å². The number of benzene rings is 1. The van der Waals surface area contributed by atoms with E-state index in [1.54, 1.807) is 19.2 Å². The zero-order valence-corrected chi connectivity index (χ0v) is 15.8. The van der Waals surface area contributed by atoms with Gasteiger partial charge >= 0.3 is 0 Å². The Kier molecular flexibility index (Phi) is 4.22. The number of aromatic nitrogens is 5. The maximum absolute atomic E-state index is 12.8. The van der Waals surface area contributed by atoms with Crippen molar-refractivity contribution >= 4 is 38.7 Å². The van der Waals surface area contributed by atoms with E-state index < -0.39 is 0 Å². The number of rotatable bonds is 3. The van der Waals surface area contributed by atoms with E-state index in [2.05, 4.69) is 42.0 Å². The fraction of sp³-hybridized carbons (Fsp3) is 0.0526. The van der Waals surface area contributed by atoms with E-state index in [1.807, 2.05) is 36.4 Å². The van der Waals surface area contributed by atoms with Crippen molar-refractivity contribution in [2.75, 3.05) is 0 Å². The van der Waals surface area contributed by atoms with E-state index in [1.165, 1.54) is 4.68 Å². The molecule has 4 aromatic rings. The number of nitrogens with zero attached hydrogens (tertiary/aromatic N) is 4. The van der Waals surface area contributed by atoms with Crippen LogP contribution in [0.4, 0.5) is 0 Å². The van der Waals surface area contributed by atoms with E-state index in [-0.39, 0.29) is 11.1 Å². The first-order chi connectivity index (χ1) is 13.1. The normalized spacial score (nSPS) is 11.7. The van der Waals surface area contributed by atoms with Crippen molar-refractivity contribution in [1.82, 2.24) is 24.7 Å². The van der Waals surface area contributed by atoms with Gasteiger partial charge in [-0.15, -0.1) is 0 Å². The molecule has 0 radical (unpaired) electrons. The molecule has 0 saturated carbocycles. The van der Waals surface area contributed by atoms with Crippen LogP contribution in [-0.4, -0.2) is 24.7 Å². The van der Waals surface area contributed by atoms with Crippen LogP contribution in [-0.2, 0) is 0 Å². The highest BCUT2D eigenvalue weighted by atomic mass is 79.9. The van der Waals surface area contributed by atoms with Crippen molar-refractivity contribution in [1.29, 1.82) is 5.26 Å². The molecule has 8 heteroatoms. The molecule has 0 aliphatic heterocycles. The number of H-pyrrole nitrogens is 2. The molecule has 132 valence electrons. The van der Waals surface area contributed by atoms with Crippen molar-refractivity contribution < 1.29 is 0 Å². The Hall–Kier alpha value is -3.44. The lowest BCUT2D eigenvalue weighted by molar-refractivity contribution is 0.835. The van der Waals surface area contributed by atoms with Crippen LogP contribution >= 0.6 is 15.9 Å². The molecule has 0 amide bonds. The molecular formula is C19H13BrN6O. The van der Waals surface area contributed by atoms with Crippen LogP contribution in [0, 0.1) is 18.3 Å². The number of hydrogen-bond acceptors (Lipinski definition) is 4. The second kappa shape index (κ2) is 6.70. The Bertz CT molecular complexity index is 1270. The van der Waals surface area contributed by atoms with Gasteiger partial charge in [-0.3, -0.25) is 9.89 Å². The monoisotopic (exact) mass is 420 g/mol. The van der Waals surface area contributed by atoms with Gasteiger partial charge in [0, 0.05) is 16.4 Å². The predicted octanol–water partition coefficient (Wildman–Crippen LogP) is 3.57. The van der Waals surface area contributed by atoms with Gasteiger partial charge in [0.05, 0.1) is 22.3 Å². The van der Waals surface area contributed by atoms with Crippen molar-refractivity contribution in [3.8, 4) is 11.8 Å².